The molecule has 1 N–H and O–H groups in total. The van der Waals surface area contributed by atoms with Gasteiger partial charge >= 0.3 is 0 Å². The Morgan fingerprint density at radius 2 is 1.92 bits per heavy atom. The second-order valence-electron chi connectivity index (χ2n) is 9.66. The smallest absolute Gasteiger partial charge is 0.185 e. The number of halogens is 1. The Hall–Kier alpha value is 0.287. The van der Waals surface area contributed by atoms with Gasteiger partial charge in [0.15, 0.2) is 14.1 Å². The molecule has 2 aliphatic rings. The molecule has 0 aromatic carbocycles. The molecule has 3 nitrogen and oxygen atoms in total. The highest BCUT2D eigenvalue weighted by Crippen LogP contribution is 2.71. The van der Waals surface area contributed by atoms with Crippen LogP contribution in [0.25, 0.3) is 0 Å². The zero-order valence-electron chi connectivity index (χ0n) is 16.4. The van der Waals surface area contributed by atoms with E-state index in [-0.39, 0.29) is 16.6 Å². The summed E-state index contributed by atoms with van der Waals surface area (Å²) in [6.07, 6.45) is 3.87. The number of alkyl halides is 1. The third-order valence-electron chi connectivity index (χ3n) is 6.91. The van der Waals surface area contributed by atoms with E-state index in [0.29, 0.717) is 12.3 Å². The van der Waals surface area contributed by atoms with E-state index in [9.17, 15) is 9.90 Å². The van der Waals surface area contributed by atoms with Crippen LogP contribution in [-0.4, -0.2) is 35.7 Å². The van der Waals surface area contributed by atoms with E-state index >= 15 is 0 Å². The van der Waals surface area contributed by atoms with Gasteiger partial charge in [-0.25, -0.2) is 0 Å². The highest BCUT2D eigenvalue weighted by Gasteiger charge is 2.73. The molecule has 0 aromatic heterocycles. The van der Waals surface area contributed by atoms with Gasteiger partial charge in [0.05, 0.1) is 6.10 Å². The fourth-order valence-corrected chi connectivity index (χ4v) is 7.28. The zero-order chi connectivity index (χ0) is 18.6. The van der Waals surface area contributed by atoms with Gasteiger partial charge < -0.3 is 9.53 Å². The van der Waals surface area contributed by atoms with Crippen LogP contribution in [0.2, 0.25) is 19.6 Å². The van der Waals surface area contributed by atoms with Gasteiger partial charge in [0.2, 0.25) is 0 Å². The number of Topliss-reactive ketones (excluding diaryl/α,β-unsaturated/α-hetero) is 1. The molecule has 2 bridgehead atoms. The van der Waals surface area contributed by atoms with Crippen LogP contribution in [0.15, 0.2) is 0 Å². The summed E-state index contributed by atoms with van der Waals surface area (Å²) in [5.41, 5.74) is -0.836. The van der Waals surface area contributed by atoms with E-state index in [4.69, 9.17) is 4.43 Å². The van der Waals surface area contributed by atoms with Gasteiger partial charge in [0, 0.05) is 5.41 Å². The second-order valence-corrected chi connectivity index (χ2v) is 15.1. The van der Waals surface area contributed by atoms with Crippen LogP contribution < -0.4 is 0 Å². The van der Waals surface area contributed by atoms with Gasteiger partial charge in [-0.1, -0.05) is 50.0 Å². The topological polar surface area (TPSA) is 46.5 Å². The summed E-state index contributed by atoms with van der Waals surface area (Å²) in [5.74, 6) is 0.592. The fraction of sp³-hybridized carbons (Fsp3) is 0.947. The van der Waals surface area contributed by atoms with Crippen molar-refractivity contribution < 1.29 is 14.3 Å². The minimum atomic E-state index is -1.93. The maximum atomic E-state index is 13.6. The maximum Gasteiger partial charge on any atom is 0.185 e. The van der Waals surface area contributed by atoms with E-state index in [1.54, 1.807) is 0 Å². The standard InChI is InChI=1S/C19H35BrO3Si/c1-8-9-14(21)15(20)16(22)19(23-24(5,6)7)12-13-10-11-18(19,4)17(13,2)3/h13-15,21H,8-12H2,1-7H3/t13-,14+,15?,18-,19+/m1/s1. The van der Waals surface area contributed by atoms with Crippen LogP contribution in [0.3, 0.4) is 0 Å². The molecule has 5 heteroatoms. The minimum Gasteiger partial charge on any atom is -0.404 e. The molecule has 0 aromatic rings. The van der Waals surface area contributed by atoms with Crippen molar-refractivity contribution in [1.29, 1.82) is 0 Å². The average Bonchev–Trinajstić information content (AvgIpc) is 2.76. The Morgan fingerprint density at radius 1 is 1.33 bits per heavy atom. The molecule has 2 saturated carbocycles. The lowest BCUT2D eigenvalue weighted by Crippen LogP contribution is -2.61. The van der Waals surface area contributed by atoms with Crippen LogP contribution in [0.5, 0.6) is 0 Å². The van der Waals surface area contributed by atoms with Crippen LogP contribution >= 0.6 is 15.9 Å². The van der Waals surface area contributed by atoms with Crippen molar-refractivity contribution in [3.8, 4) is 0 Å². The largest absolute Gasteiger partial charge is 0.404 e. The van der Waals surface area contributed by atoms with Gasteiger partial charge in [0.1, 0.15) is 10.4 Å². The van der Waals surface area contributed by atoms with Gasteiger partial charge in [-0.05, 0) is 56.7 Å². The highest BCUT2D eigenvalue weighted by atomic mass is 79.9. The lowest BCUT2D eigenvalue weighted by atomic mass is 9.62. The molecule has 24 heavy (non-hydrogen) atoms. The summed E-state index contributed by atoms with van der Waals surface area (Å²) >= 11 is 3.53. The molecule has 1 unspecified atom stereocenters. The molecule has 2 fully saturated rings. The molecule has 2 aliphatic carbocycles. The normalized spacial score (nSPS) is 37.5. The Labute approximate surface area is 157 Å². The number of carbonyl (C=O) groups excluding carboxylic acids is 1. The SMILES string of the molecule is CCC[C@H](O)C(Br)C(=O)[C@@]1(O[Si](C)(C)C)C[C@H]2CC[C@]1(C)C2(C)C. The van der Waals surface area contributed by atoms with Gasteiger partial charge in [-0.15, -0.1) is 0 Å². The van der Waals surface area contributed by atoms with E-state index in [1.165, 1.54) is 6.42 Å². The van der Waals surface area contributed by atoms with E-state index in [2.05, 4.69) is 56.3 Å². The van der Waals surface area contributed by atoms with Crippen LogP contribution in [0.4, 0.5) is 0 Å². The molecule has 0 radical (unpaired) electrons. The number of fused-ring (bicyclic) bond motifs is 2. The first-order valence-electron chi connectivity index (χ1n) is 9.39. The third-order valence-corrected chi connectivity index (χ3v) is 8.90. The molecule has 0 heterocycles. The third kappa shape index (κ3) is 2.97. The lowest BCUT2D eigenvalue weighted by Gasteiger charge is -2.51. The van der Waals surface area contributed by atoms with E-state index in [0.717, 1.165) is 19.3 Å². The van der Waals surface area contributed by atoms with Crippen molar-refractivity contribution in [1.82, 2.24) is 0 Å². The fourth-order valence-electron chi connectivity index (χ4n) is 5.19. The summed E-state index contributed by atoms with van der Waals surface area (Å²) in [7, 11) is -1.93. The Balaban J connectivity index is 2.46. The second kappa shape index (κ2) is 6.47. The number of aliphatic hydroxyl groups is 1. The average molecular weight is 419 g/mol. The molecular weight excluding hydrogens is 384 g/mol. The number of hydrogen-bond acceptors (Lipinski definition) is 3. The first-order chi connectivity index (χ1) is 10.8. The van der Waals surface area contributed by atoms with Gasteiger partial charge in [0.25, 0.3) is 0 Å². The predicted molar refractivity (Wildman–Crippen MR) is 105 cm³/mol. The monoisotopic (exact) mass is 418 g/mol. The summed E-state index contributed by atoms with van der Waals surface area (Å²) in [5, 5.41) is 10.4. The number of hydrogen-bond donors (Lipinski definition) is 1. The first-order valence-corrected chi connectivity index (χ1v) is 13.7. The molecule has 5 atom stereocenters. The lowest BCUT2D eigenvalue weighted by molar-refractivity contribution is -0.152. The first kappa shape index (κ1) is 20.6. The van der Waals surface area contributed by atoms with E-state index in [1.807, 2.05) is 6.92 Å². The Bertz CT molecular complexity index is 501. The molecule has 140 valence electrons. The zero-order valence-corrected chi connectivity index (χ0v) is 19.0. The number of rotatable bonds is 7. The van der Waals surface area contributed by atoms with Crippen molar-refractivity contribution >= 4 is 30.0 Å². The predicted octanol–water partition coefficient (Wildman–Crippen LogP) is 4.92. The molecule has 0 aliphatic heterocycles. The minimum absolute atomic E-state index is 0.0728. The molecule has 0 amide bonds. The summed E-state index contributed by atoms with van der Waals surface area (Å²) < 4.78 is 6.72. The van der Waals surface area contributed by atoms with Crippen molar-refractivity contribution in [2.75, 3.05) is 0 Å². The molecule has 2 rings (SSSR count). The van der Waals surface area contributed by atoms with Crippen LogP contribution in [0.1, 0.15) is 59.8 Å². The number of ketones is 1. The summed E-state index contributed by atoms with van der Waals surface area (Å²) in [6.45, 7) is 15.4. The molecular formula is C19H35BrO3Si. The van der Waals surface area contributed by atoms with Crippen molar-refractivity contribution in [2.24, 2.45) is 16.7 Å². The quantitative estimate of drug-likeness (QED) is 0.471. The number of aliphatic hydroxyl groups excluding tert-OH is 1. The number of carbonyl (C=O) groups is 1. The van der Waals surface area contributed by atoms with Crippen molar-refractivity contribution in [2.45, 2.75) is 96.0 Å². The van der Waals surface area contributed by atoms with Crippen LogP contribution in [-0.2, 0) is 9.22 Å². The van der Waals surface area contributed by atoms with Crippen molar-refractivity contribution in [3.05, 3.63) is 0 Å². The molecule has 0 spiro atoms. The summed E-state index contributed by atoms with van der Waals surface area (Å²) in [6, 6.07) is 0. The Kier molecular flexibility index (Phi) is 5.55. The van der Waals surface area contributed by atoms with Crippen LogP contribution in [0, 0.1) is 16.7 Å². The summed E-state index contributed by atoms with van der Waals surface area (Å²) in [4.78, 5) is 13.1. The maximum absolute atomic E-state index is 13.6. The van der Waals surface area contributed by atoms with Crippen molar-refractivity contribution in [3.63, 3.8) is 0 Å². The molecule has 0 saturated heterocycles. The van der Waals surface area contributed by atoms with Gasteiger partial charge in [-0.3, -0.25) is 4.79 Å². The highest BCUT2D eigenvalue weighted by molar-refractivity contribution is 9.10. The van der Waals surface area contributed by atoms with E-state index < -0.39 is 24.8 Å². The Morgan fingerprint density at radius 3 is 2.29 bits per heavy atom. The van der Waals surface area contributed by atoms with Gasteiger partial charge in [-0.2, -0.15) is 0 Å².